The highest BCUT2D eigenvalue weighted by atomic mass is 32.1. The predicted molar refractivity (Wildman–Crippen MR) is 107 cm³/mol. The average Bonchev–Trinajstić information content (AvgIpc) is 3.18. The highest BCUT2D eigenvalue weighted by Gasteiger charge is 2.19. The number of esters is 1. The second-order valence-corrected chi connectivity index (χ2v) is 6.66. The third-order valence-electron chi connectivity index (χ3n) is 3.83. The normalized spacial score (nSPS) is 10.4. The van der Waals surface area contributed by atoms with E-state index in [1.165, 1.54) is 18.4 Å². The molecule has 0 bridgehead atoms. The molecule has 0 unspecified atom stereocenters. The first-order chi connectivity index (χ1) is 13.6. The summed E-state index contributed by atoms with van der Waals surface area (Å²) in [5, 5.41) is 5.14. The molecule has 1 N–H and O–H groups in total. The number of methoxy groups -OCH3 is 2. The molecule has 0 radical (unpaired) electrons. The molecule has 8 nitrogen and oxygen atoms in total. The van der Waals surface area contributed by atoms with Gasteiger partial charge in [0, 0.05) is 25.1 Å². The SMILES string of the molecule is CCOCCCN(Cc1nc(C(=O)OC)cs1)C(=O)Nc1ccccc1OC. The molecule has 0 saturated heterocycles. The number of carbonyl (C=O) groups excluding carboxylic acids is 2. The molecule has 2 amide bonds. The molecule has 0 aliphatic carbocycles. The molecule has 2 aromatic rings. The Kier molecular flexibility index (Phi) is 8.70. The van der Waals surface area contributed by atoms with E-state index < -0.39 is 5.97 Å². The topological polar surface area (TPSA) is 90.0 Å². The lowest BCUT2D eigenvalue weighted by atomic mass is 10.3. The van der Waals surface area contributed by atoms with Crippen molar-refractivity contribution in [2.45, 2.75) is 19.9 Å². The first-order valence-electron chi connectivity index (χ1n) is 8.88. The number of ether oxygens (including phenoxy) is 3. The number of para-hydroxylation sites is 2. The Morgan fingerprint density at radius 1 is 1.25 bits per heavy atom. The maximum absolute atomic E-state index is 12.8. The summed E-state index contributed by atoms with van der Waals surface area (Å²) >= 11 is 1.31. The van der Waals surface area contributed by atoms with Gasteiger partial charge in [0.25, 0.3) is 0 Å². The Morgan fingerprint density at radius 2 is 2.04 bits per heavy atom. The molecule has 9 heteroatoms. The zero-order valence-corrected chi connectivity index (χ0v) is 17.1. The highest BCUT2D eigenvalue weighted by molar-refractivity contribution is 7.09. The van der Waals surface area contributed by atoms with Crippen LogP contribution >= 0.6 is 11.3 Å². The minimum atomic E-state index is -0.496. The fourth-order valence-electron chi connectivity index (χ4n) is 2.44. The van der Waals surface area contributed by atoms with Gasteiger partial charge in [-0.25, -0.2) is 14.6 Å². The van der Waals surface area contributed by atoms with Crippen molar-refractivity contribution in [3.05, 3.63) is 40.3 Å². The van der Waals surface area contributed by atoms with Gasteiger partial charge in [0.1, 0.15) is 10.8 Å². The lowest BCUT2D eigenvalue weighted by Gasteiger charge is -2.22. The molecule has 2 rings (SSSR count). The maximum Gasteiger partial charge on any atom is 0.357 e. The summed E-state index contributed by atoms with van der Waals surface area (Å²) in [7, 11) is 2.86. The van der Waals surface area contributed by atoms with Crippen LogP contribution in [0.5, 0.6) is 5.75 Å². The van der Waals surface area contributed by atoms with Gasteiger partial charge in [0.05, 0.1) is 26.5 Å². The molecular formula is C19H25N3O5S. The zero-order chi connectivity index (χ0) is 20.4. The van der Waals surface area contributed by atoms with Crippen molar-refractivity contribution in [2.75, 3.05) is 39.3 Å². The fraction of sp³-hybridized carbons (Fsp3) is 0.421. The van der Waals surface area contributed by atoms with Crippen LogP contribution in [0.25, 0.3) is 0 Å². The van der Waals surface area contributed by atoms with Gasteiger partial charge in [-0.2, -0.15) is 0 Å². The van der Waals surface area contributed by atoms with Gasteiger partial charge in [-0.3, -0.25) is 0 Å². The van der Waals surface area contributed by atoms with Gasteiger partial charge in [-0.05, 0) is 25.5 Å². The van der Waals surface area contributed by atoms with E-state index in [0.717, 1.165) is 0 Å². The van der Waals surface area contributed by atoms with Gasteiger partial charge in [-0.15, -0.1) is 11.3 Å². The van der Waals surface area contributed by atoms with Crippen molar-refractivity contribution in [1.82, 2.24) is 9.88 Å². The third kappa shape index (κ3) is 6.21. The lowest BCUT2D eigenvalue weighted by molar-refractivity contribution is 0.0594. The zero-order valence-electron chi connectivity index (χ0n) is 16.3. The summed E-state index contributed by atoms with van der Waals surface area (Å²) in [5.74, 6) is 0.0798. The second-order valence-electron chi connectivity index (χ2n) is 5.72. The number of anilines is 1. The van der Waals surface area contributed by atoms with Crippen molar-refractivity contribution in [1.29, 1.82) is 0 Å². The van der Waals surface area contributed by atoms with Crippen LogP contribution in [0.15, 0.2) is 29.6 Å². The quantitative estimate of drug-likeness (QED) is 0.480. The molecular weight excluding hydrogens is 382 g/mol. The van der Waals surface area contributed by atoms with Crippen molar-refractivity contribution in [2.24, 2.45) is 0 Å². The molecule has 1 heterocycles. The molecule has 0 aliphatic heterocycles. The molecule has 0 spiro atoms. The van der Waals surface area contributed by atoms with Crippen molar-refractivity contribution < 1.29 is 23.8 Å². The molecule has 0 aliphatic rings. The van der Waals surface area contributed by atoms with Gasteiger partial charge < -0.3 is 24.4 Å². The van der Waals surface area contributed by atoms with Crippen LogP contribution in [-0.2, 0) is 16.0 Å². The number of hydrogen-bond acceptors (Lipinski definition) is 7. The number of nitrogens with zero attached hydrogens (tertiary/aromatic N) is 2. The monoisotopic (exact) mass is 407 g/mol. The number of hydrogen-bond donors (Lipinski definition) is 1. The lowest BCUT2D eigenvalue weighted by Crippen LogP contribution is -2.35. The maximum atomic E-state index is 12.8. The molecule has 152 valence electrons. The third-order valence-corrected chi connectivity index (χ3v) is 4.66. The Balaban J connectivity index is 2.10. The van der Waals surface area contributed by atoms with E-state index in [9.17, 15) is 9.59 Å². The van der Waals surface area contributed by atoms with E-state index in [-0.39, 0.29) is 18.3 Å². The number of nitrogens with one attached hydrogen (secondary N) is 1. The van der Waals surface area contributed by atoms with Crippen LogP contribution in [-0.4, -0.2) is 55.9 Å². The summed E-state index contributed by atoms with van der Waals surface area (Å²) in [6, 6.07) is 6.92. The Labute approximate surface area is 168 Å². The van der Waals surface area contributed by atoms with Crippen molar-refractivity contribution in [3.8, 4) is 5.75 Å². The summed E-state index contributed by atoms with van der Waals surface area (Å²) in [4.78, 5) is 30.3. The largest absolute Gasteiger partial charge is 0.495 e. The molecule has 1 aromatic heterocycles. The van der Waals surface area contributed by atoms with E-state index in [1.54, 1.807) is 29.5 Å². The first kappa shape index (κ1) is 21.6. The number of aromatic nitrogens is 1. The standard InChI is InChI=1S/C19H25N3O5S/c1-4-27-11-7-10-22(12-17-20-15(13-28-17)18(23)26-3)19(24)21-14-8-5-6-9-16(14)25-2/h5-6,8-9,13H,4,7,10-12H2,1-3H3,(H,21,24). The van der Waals surface area contributed by atoms with E-state index in [0.29, 0.717) is 42.6 Å². The van der Waals surface area contributed by atoms with Crippen molar-refractivity contribution >= 4 is 29.0 Å². The minimum absolute atomic E-state index is 0.238. The molecule has 0 fully saturated rings. The van der Waals surface area contributed by atoms with Crippen molar-refractivity contribution in [3.63, 3.8) is 0 Å². The van der Waals surface area contributed by atoms with Crippen LogP contribution in [0.2, 0.25) is 0 Å². The number of amides is 2. The van der Waals surface area contributed by atoms with Crippen LogP contribution < -0.4 is 10.1 Å². The number of rotatable bonds is 10. The van der Waals surface area contributed by atoms with Gasteiger partial charge in [-0.1, -0.05) is 12.1 Å². The number of carbonyl (C=O) groups is 2. The van der Waals surface area contributed by atoms with Crippen LogP contribution in [0.4, 0.5) is 10.5 Å². The van der Waals surface area contributed by atoms with Crippen LogP contribution in [0.1, 0.15) is 28.8 Å². The first-order valence-corrected chi connectivity index (χ1v) is 9.76. The van der Waals surface area contributed by atoms with E-state index in [2.05, 4.69) is 15.0 Å². The summed E-state index contributed by atoms with van der Waals surface area (Å²) in [5.41, 5.74) is 0.820. The second kappa shape index (κ2) is 11.3. The molecule has 0 atom stereocenters. The average molecular weight is 407 g/mol. The van der Waals surface area contributed by atoms with E-state index in [1.807, 2.05) is 19.1 Å². The Morgan fingerprint density at radius 3 is 2.75 bits per heavy atom. The van der Waals surface area contributed by atoms with Gasteiger partial charge >= 0.3 is 12.0 Å². The van der Waals surface area contributed by atoms with E-state index in [4.69, 9.17) is 9.47 Å². The molecule has 0 saturated carbocycles. The smallest absolute Gasteiger partial charge is 0.357 e. The molecule has 1 aromatic carbocycles. The van der Waals surface area contributed by atoms with Crippen LogP contribution in [0.3, 0.4) is 0 Å². The summed E-state index contributed by atoms with van der Waals surface area (Å²) in [6.07, 6.45) is 0.683. The van der Waals surface area contributed by atoms with Gasteiger partial charge in [0.2, 0.25) is 0 Å². The van der Waals surface area contributed by atoms with E-state index >= 15 is 0 Å². The summed E-state index contributed by atoms with van der Waals surface area (Å²) < 4.78 is 15.3. The van der Waals surface area contributed by atoms with Gasteiger partial charge in [0.15, 0.2) is 5.69 Å². The van der Waals surface area contributed by atoms with Crippen LogP contribution in [0, 0.1) is 0 Å². The summed E-state index contributed by atoms with van der Waals surface area (Å²) in [6.45, 7) is 3.86. The Hall–Kier alpha value is -2.65. The molecule has 28 heavy (non-hydrogen) atoms. The number of benzene rings is 1. The minimum Gasteiger partial charge on any atom is -0.495 e. The number of thiazole rings is 1. The number of urea groups is 1. The highest BCUT2D eigenvalue weighted by Crippen LogP contribution is 2.24. The predicted octanol–water partition coefficient (Wildman–Crippen LogP) is 3.40. The fourth-order valence-corrected chi connectivity index (χ4v) is 3.22. The Bertz CT molecular complexity index is 780.